The molecule has 4 rings (SSSR count). The Morgan fingerprint density at radius 1 is 1.29 bits per heavy atom. The van der Waals surface area contributed by atoms with Crippen molar-refractivity contribution in [1.29, 1.82) is 0 Å². The van der Waals surface area contributed by atoms with Crippen molar-refractivity contribution in [3.8, 4) is 11.5 Å². The number of rotatable bonds is 3. The van der Waals surface area contributed by atoms with Gasteiger partial charge in [-0.15, -0.1) is 0 Å². The average Bonchev–Trinajstić information content (AvgIpc) is 3.25. The molecular weight excluding hydrogens is 324 g/mol. The fourth-order valence-electron chi connectivity index (χ4n) is 3.36. The van der Waals surface area contributed by atoms with Crippen LogP contribution in [0, 0.1) is 12.3 Å². The molecule has 2 saturated heterocycles. The van der Waals surface area contributed by atoms with Gasteiger partial charge in [0, 0.05) is 17.7 Å². The minimum absolute atomic E-state index is 0.0406. The van der Waals surface area contributed by atoms with Gasteiger partial charge in [0.25, 0.3) is 0 Å². The van der Waals surface area contributed by atoms with E-state index >= 15 is 0 Å². The van der Waals surface area contributed by atoms with Crippen molar-refractivity contribution in [2.24, 2.45) is 5.41 Å². The summed E-state index contributed by atoms with van der Waals surface area (Å²) in [6.45, 7) is 2.02. The van der Waals surface area contributed by atoms with E-state index in [4.69, 9.17) is 4.42 Å². The van der Waals surface area contributed by atoms with E-state index in [1.54, 1.807) is 11.8 Å². The summed E-state index contributed by atoms with van der Waals surface area (Å²) in [7, 11) is 0. The third-order valence-corrected chi connectivity index (χ3v) is 6.06. The Morgan fingerprint density at radius 3 is 2.79 bits per heavy atom. The van der Waals surface area contributed by atoms with Gasteiger partial charge in [-0.1, -0.05) is 18.2 Å². The minimum atomic E-state index is -0.471. The molecule has 1 aromatic heterocycles. The maximum Gasteiger partial charge on any atom is 0.237 e. The molecule has 2 aliphatic heterocycles. The molecule has 3 heterocycles. The van der Waals surface area contributed by atoms with Crippen LogP contribution in [-0.4, -0.2) is 33.2 Å². The second kappa shape index (κ2) is 5.77. The molecule has 6 heteroatoms. The van der Waals surface area contributed by atoms with Gasteiger partial charge >= 0.3 is 0 Å². The van der Waals surface area contributed by atoms with Crippen LogP contribution in [-0.2, 0) is 16.1 Å². The number of amides is 2. The molecule has 1 atom stereocenters. The number of benzene rings is 1. The van der Waals surface area contributed by atoms with Crippen LogP contribution < -0.4 is 0 Å². The number of aryl methyl sites for hydroxylation is 1. The molecule has 24 heavy (non-hydrogen) atoms. The zero-order chi connectivity index (χ0) is 16.7. The normalized spacial score (nSPS) is 23.6. The molecule has 0 saturated carbocycles. The van der Waals surface area contributed by atoms with Crippen molar-refractivity contribution < 1.29 is 14.0 Å². The lowest BCUT2D eigenvalue weighted by Crippen LogP contribution is -2.35. The summed E-state index contributed by atoms with van der Waals surface area (Å²) in [6.07, 6.45) is 1.13. The molecule has 124 valence electrons. The van der Waals surface area contributed by atoms with Crippen LogP contribution in [0.5, 0.6) is 0 Å². The Balaban J connectivity index is 1.59. The Bertz CT molecular complexity index is 794. The standard InChI is InChI=1S/C18H18N2O3S/c1-12-14(19-16(23-12)13-5-3-2-4-6-13)10-20-15(21)9-18(17(20)22)7-8-24-11-18/h2-6H,7-11H2,1H3/t18-/m1/s1. The lowest BCUT2D eigenvalue weighted by Gasteiger charge is -2.19. The van der Waals surface area contributed by atoms with Crippen LogP contribution in [0.1, 0.15) is 24.3 Å². The summed E-state index contributed by atoms with van der Waals surface area (Å²) < 4.78 is 5.73. The first kappa shape index (κ1) is 15.4. The van der Waals surface area contributed by atoms with Gasteiger partial charge in [0.1, 0.15) is 11.5 Å². The van der Waals surface area contributed by atoms with Gasteiger partial charge < -0.3 is 4.42 Å². The molecule has 0 unspecified atom stereocenters. The van der Waals surface area contributed by atoms with E-state index in [0.29, 0.717) is 23.8 Å². The fraction of sp³-hybridized carbons (Fsp3) is 0.389. The first-order chi connectivity index (χ1) is 11.6. The number of hydrogen-bond donors (Lipinski definition) is 0. The Morgan fingerprint density at radius 2 is 2.08 bits per heavy atom. The number of aromatic nitrogens is 1. The van der Waals surface area contributed by atoms with Crippen molar-refractivity contribution >= 4 is 23.6 Å². The monoisotopic (exact) mass is 342 g/mol. The van der Waals surface area contributed by atoms with Crippen LogP contribution in [0.3, 0.4) is 0 Å². The first-order valence-corrected chi connectivity index (χ1v) is 9.19. The molecule has 2 amide bonds. The summed E-state index contributed by atoms with van der Waals surface area (Å²) >= 11 is 1.75. The van der Waals surface area contributed by atoms with Crippen molar-refractivity contribution in [3.63, 3.8) is 0 Å². The predicted octanol–water partition coefficient (Wildman–Crippen LogP) is 3.03. The number of carbonyl (C=O) groups excluding carboxylic acids is 2. The van der Waals surface area contributed by atoms with Gasteiger partial charge in [-0.05, 0) is 31.2 Å². The van der Waals surface area contributed by atoms with E-state index in [2.05, 4.69) is 4.98 Å². The minimum Gasteiger partial charge on any atom is -0.441 e. The number of nitrogens with zero attached hydrogens (tertiary/aromatic N) is 2. The smallest absolute Gasteiger partial charge is 0.237 e. The molecule has 2 aliphatic rings. The van der Waals surface area contributed by atoms with Crippen molar-refractivity contribution in [1.82, 2.24) is 9.88 Å². The van der Waals surface area contributed by atoms with Crippen molar-refractivity contribution in [2.45, 2.75) is 26.3 Å². The predicted molar refractivity (Wildman–Crippen MR) is 91.2 cm³/mol. The zero-order valence-electron chi connectivity index (χ0n) is 13.4. The van der Waals surface area contributed by atoms with Crippen LogP contribution in [0.2, 0.25) is 0 Å². The second-order valence-electron chi connectivity index (χ2n) is 6.43. The van der Waals surface area contributed by atoms with E-state index in [1.165, 1.54) is 4.90 Å². The van der Waals surface area contributed by atoms with E-state index in [0.717, 1.165) is 23.5 Å². The largest absolute Gasteiger partial charge is 0.441 e. The van der Waals surface area contributed by atoms with Crippen molar-refractivity contribution in [3.05, 3.63) is 41.8 Å². The van der Waals surface area contributed by atoms with Crippen LogP contribution in [0.4, 0.5) is 0 Å². The van der Waals surface area contributed by atoms with Crippen LogP contribution >= 0.6 is 11.8 Å². The Labute approximate surface area is 144 Å². The van der Waals surface area contributed by atoms with E-state index in [1.807, 2.05) is 37.3 Å². The topological polar surface area (TPSA) is 63.4 Å². The highest BCUT2D eigenvalue weighted by atomic mass is 32.2. The number of oxazole rings is 1. The van der Waals surface area contributed by atoms with Gasteiger partial charge in [0.05, 0.1) is 12.0 Å². The molecule has 0 N–H and O–H groups in total. The number of thioether (sulfide) groups is 1. The summed E-state index contributed by atoms with van der Waals surface area (Å²) in [5.41, 5.74) is 1.06. The van der Waals surface area contributed by atoms with Crippen LogP contribution in [0.25, 0.3) is 11.5 Å². The lowest BCUT2D eigenvalue weighted by atomic mass is 9.86. The maximum atomic E-state index is 12.8. The molecule has 1 aromatic carbocycles. The SMILES string of the molecule is Cc1oc(-c2ccccc2)nc1CN1C(=O)C[C@@]2(CCSC2)C1=O. The maximum absolute atomic E-state index is 12.8. The average molecular weight is 342 g/mol. The van der Waals surface area contributed by atoms with E-state index in [9.17, 15) is 9.59 Å². The number of carbonyl (C=O) groups is 2. The van der Waals surface area contributed by atoms with Gasteiger partial charge in [-0.2, -0.15) is 11.8 Å². The summed E-state index contributed by atoms with van der Waals surface area (Å²) in [6, 6.07) is 9.62. The summed E-state index contributed by atoms with van der Waals surface area (Å²) in [5, 5.41) is 0. The quantitative estimate of drug-likeness (QED) is 0.802. The molecule has 1 spiro atoms. The third-order valence-electron chi connectivity index (χ3n) is 4.81. The van der Waals surface area contributed by atoms with Crippen LogP contribution in [0.15, 0.2) is 34.7 Å². The number of imide groups is 1. The zero-order valence-corrected chi connectivity index (χ0v) is 14.3. The molecular formula is C18H18N2O3S. The van der Waals surface area contributed by atoms with Gasteiger partial charge in [-0.25, -0.2) is 4.98 Å². The highest BCUT2D eigenvalue weighted by Crippen LogP contribution is 2.45. The first-order valence-electron chi connectivity index (χ1n) is 8.03. The Kier molecular flexibility index (Phi) is 3.72. The molecule has 2 fully saturated rings. The molecule has 5 nitrogen and oxygen atoms in total. The van der Waals surface area contributed by atoms with Crippen molar-refractivity contribution in [2.75, 3.05) is 11.5 Å². The molecule has 0 radical (unpaired) electrons. The van der Waals surface area contributed by atoms with Gasteiger partial charge in [-0.3, -0.25) is 14.5 Å². The molecule has 0 aliphatic carbocycles. The molecule has 0 bridgehead atoms. The van der Waals surface area contributed by atoms with Gasteiger partial charge in [0.2, 0.25) is 17.7 Å². The number of likely N-dealkylation sites (tertiary alicyclic amines) is 1. The summed E-state index contributed by atoms with van der Waals surface area (Å²) in [4.78, 5) is 31.0. The van der Waals surface area contributed by atoms with Gasteiger partial charge in [0.15, 0.2) is 0 Å². The third kappa shape index (κ3) is 2.45. The second-order valence-corrected chi connectivity index (χ2v) is 7.54. The Hall–Kier alpha value is -2.08. The fourth-order valence-corrected chi connectivity index (χ4v) is 4.80. The lowest BCUT2D eigenvalue weighted by molar-refractivity contribution is -0.141. The highest BCUT2D eigenvalue weighted by molar-refractivity contribution is 7.99. The van der Waals surface area contributed by atoms with E-state index in [-0.39, 0.29) is 18.4 Å². The number of hydrogen-bond acceptors (Lipinski definition) is 5. The molecule has 2 aromatic rings. The van der Waals surface area contributed by atoms with E-state index < -0.39 is 5.41 Å². The summed E-state index contributed by atoms with van der Waals surface area (Å²) in [5.74, 6) is 2.74. The highest BCUT2D eigenvalue weighted by Gasteiger charge is 2.53.